The monoisotopic (exact) mass is 232 g/mol. The van der Waals surface area contributed by atoms with Crippen LogP contribution in [0, 0.1) is 13.8 Å². The predicted octanol–water partition coefficient (Wildman–Crippen LogP) is 1.32. The van der Waals surface area contributed by atoms with Crippen LogP contribution >= 0.6 is 0 Å². The van der Waals surface area contributed by atoms with Gasteiger partial charge in [-0.25, -0.2) is 0 Å². The zero-order chi connectivity index (χ0) is 12.3. The Balaban J connectivity index is 1.87. The molecule has 1 fully saturated rings. The van der Waals surface area contributed by atoms with Crippen LogP contribution in [0.1, 0.15) is 23.1 Å². The molecular formula is C14H20N2O. The number of carbonyl (C=O) groups is 1. The number of amides is 1. The molecule has 1 aromatic rings. The summed E-state index contributed by atoms with van der Waals surface area (Å²) in [4.78, 5) is 11.0. The number of benzene rings is 1. The average Bonchev–Trinajstić information content (AvgIpc) is 2.30. The van der Waals surface area contributed by atoms with Crippen LogP contribution in [0.5, 0.6) is 0 Å². The van der Waals surface area contributed by atoms with Crippen molar-refractivity contribution in [2.75, 3.05) is 13.1 Å². The second-order valence-electron chi connectivity index (χ2n) is 4.85. The molecule has 0 aliphatic carbocycles. The Bertz CT molecular complexity index is 405. The lowest BCUT2D eigenvalue weighted by atomic mass is 9.99. The van der Waals surface area contributed by atoms with Gasteiger partial charge in [0.15, 0.2) is 0 Å². The van der Waals surface area contributed by atoms with Crippen LogP contribution < -0.4 is 10.6 Å². The molecule has 3 heteroatoms. The van der Waals surface area contributed by atoms with Gasteiger partial charge in [-0.05, 0) is 37.8 Å². The van der Waals surface area contributed by atoms with Crippen molar-refractivity contribution < 1.29 is 4.79 Å². The van der Waals surface area contributed by atoms with Gasteiger partial charge in [0.1, 0.15) is 0 Å². The lowest BCUT2D eigenvalue weighted by molar-refractivity contribution is -0.121. The van der Waals surface area contributed by atoms with E-state index >= 15 is 0 Å². The molecule has 1 heterocycles. The largest absolute Gasteiger partial charge is 0.353 e. The first-order valence-corrected chi connectivity index (χ1v) is 6.21. The van der Waals surface area contributed by atoms with E-state index in [4.69, 9.17) is 0 Å². The van der Waals surface area contributed by atoms with Crippen LogP contribution in [0.4, 0.5) is 0 Å². The fourth-order valence-corrected chi connectivity index (χ4v) is 2.27. The molecule has 0 bridgehead atoms. The van der Waals surface area contributed by atoms with Crippen molar-refractivity contribution in [2.45, 2.75) is 32.7 Å². The van der Waals surface area contributed by atoms with Gasteiger partial charge in [-0.15, -0.1) is 0 Å². The first-order valence-electron chi connectivity index (χ1n) is 6.21. The standard InChI is InChI=1S/C14H20N2O/c1-10-3-4-12(11(2)7-10)5-6-13-8-16-14(17)9-15-13/h3-4,7,13,15H,5-6,8-9H2,1-2H3,(H,16,17). The first-order chi connectivity index (χ1) is 8.15. The molecule has 3 nitrogen and oxygen atoms in total. The van der Waals surface area contributed by atoms with Crippen molar-refractivity contribution in [3.8, 4) is 0 Å². The topological polar surface area (TPSA) is 41.1 Å². The highest BCUT2D eigenvalue weighted by Crippen LogP contribution is 2.13. The SMILES string of the molecule is Cc1ccc(CCC2CNC(=O)CN2)c(C)c1. The van der Waals surface area contributed by atoms with Gasteiger partial charge in [-0.3, -0.25) is 4.79 Å². The molecule has 0 spiro atoms. The summed E-state index contributed by atoms with van der Waals surface area (Å²) >= 11 is 0. The van der Waals surface area contributed by atoms with Gasteiger partial charge < -0.3 is 10.6 Å². The number of piperazine rings is 1. The minimum absolute atomic E-state index is 0.104. The van der Waals surface area contributed by atoms with E-state index in [1.54, 1.807) is 0 Å². The Morgan fingerprint density at radius 1 is 1.35 bits per heavy atom. The minimum Gasteiger partial charge on any atom is -0.353 e. The number of rotatable bonds is 3. The summed E-state index contributed by atoms with van der Waals surface area (Å²) < 4.78 is 0. The van der Waals surface area contributed by atoms with E-state index in [1.807, 2.05) is 0 Å². The van der Waals surface area contributed by atoms with E-state index in [0.717, 1.165) is 19.4 Å². The molecule has 1 atom stereocenters. The number of carbonyl (C=O) groups excluding carboxylic acids is 1. The van der Waals surface area contributed by atoms with E-state index in [1.165, 1.54) is 16.7 Å². The van der Waals surface area contributed by atoms with Gasteiger partial charge in [0.2, 0.25) is 5.91 Å². The highest BCUT2D eigenvalue weighted by atomic mass is 16.2. The molecule has 17 heavy (non-hydrogen) atoms. The first kappa shape index (κ1) is 12.1. The third-order valence-corrected chi connectivity index (χ3v) is 3.36. The van der Waals surface area contributed by atoms with Crippen LogP contribution in [-0.4, -0.2) is 25.0 Å². The van der Waals surface area contributed by atoms with Crippen LogP contribution in [-0.2, 0) is 11.2 Å². The molecule has 1 saturated heterocycles. The van der Waals surface area contributed by atoms with Crippen LogP contribution in [0.3, 0.4) is 0 Å². The third-order valence-electron chi connectivity index (χ3n) is 3.36. The van der Waals surface area contributed by atoms with E-state index < -0.39 is 0 Å². The summed E-state index contributed by atoms with van der Waals surface area (Å²) in [5.74, 6) is 0.104. The second kappa shape index (κ2) is 5.32. The van der Waals surface area contributed by atoms with E-state index in [-0.39, 0.29) is 5.91 Å². The van der Waals surface area contributed by atoms with Gasteiger partial charge >= 0.3 is 0 Å². The highest BCUT2D eigenvalue weighted by molar-refractivity contribution is 5.78. The molecule has 2 rings (SSSR count). The van der Waals surface area contributed by atoms with E-state index in [0.29, 0.717) is 12.6 Å². The highest BCUT2D eigenvalue weighted by Gasteiger charge is 2.16. The molecule has 1 unspecified atom stereocenters. The van der Waals surface area contributed by atoms with E-state index in [9.17, 15) is 4.79 Å². The quantitative estimate of drug-likeness (QED) is 0.825. The molecule has 1 aromatic carbocycles. The maximum atomic E-state index is 11.0. The van der Waals surface area contributed by atoms with Crippen LogP contribution in [0.25, 0.3) is 0 Å². The van der Waals surface area contributed by atoms with E-state index in [2.05, 4.69) is 42.7 Å². The fourth-order valence-electron chi connectivity index (χ4n) is 2.27. The minimum atomic E-state index is 0.104. The molecule has 1 aliphatic heterocycles. The maximum absolute atomic E-state index is 11.0. The van der Waals surface area contributed by atoms with Crippen molar-refractivity contribution in [1.82, 2.24) is 10.6 Å². The zero-order valence-corrected chi connectivity index (χ0v) is 10.5. The van der Waals surface area contributed by atoms with Gasteiger partial charge in [-0.2, -0.15) is 0 Å². The molecular weight excluding hydrogens is 212 g/mol. The van der Waals surface area contributed by atoms with Gasteiger partial charge in [0.25, 0.3) is 0 Å². The van der Waals surface area contributed by atoms with Crippen molar-refractivity contribution in [1.29, 1.82) is 0 Å². The van der Waals surface area contributed by atoms with Gasteiger partial charge in [0, 0.05) is 12.6 Å². The Labute approximate surface area is 103 Å². The Hall–Kier alpha value is -1.35. The summed E-state index contributed by atoms with van der Waals surface area (Å²) in [6.07, 6.45) is 2.14. The average molecular weight is 232 g/mol. The molecule has 1 amide bonds. The molecule has 0 aromatic heterocycles. The second-order valence-corrected chi connectivity index (χ2v) is 4.85. The lowest BCUT2D eigenvalue weighted by Gasteiger charge is -2.24. The predicted molar refractivity (Wildman–Crippen MR) is 69.0 cm³/mol. The maximum Gasteiger partial charge on any atom is 0.234 e. The number of hydrogen-bond donors (Lipinski definition) is 2. The van der Waals surface area contributed by atoms with Crippen molar-refractivity contribution in [3.63, 3.8) is 0 Å². The number of hydrogen-bond acceptors (Lipinski definition) is 2. The summed E-state index contributed by atoms with van der Waals surface area (Å²) in [6.45, 7) is 5.49. The third kappa shape index (κ3) is 3.30. The van der Waals surface area contributed by atoms with Crippen LogP contribution in [0.2, 0.25) is 0 Å². The molecule has 0 saturated carbocycles. The normalized spacial score (nSPS) is 20.1. The van der Waals surface area contributed by atoms with Crippen LogP contribution in [0.15, 0.2) is 18.2 Å². The lowest BCUT2D eigenvalue weighted by Crippen LogP contribution is -2.51. The summed E-state index contributed by atoms with van der Waals surface area (Å²) in [7, 11) is 0. The molecule has 1 aliphatic rings. The van der Waals surface area contributed by atoms with Gasteiger partial charge in [0.05, 0.1) is 6.54 Å². The smallest absolute Gasteiger partial charge is 0.234 e. The number of aryl methyl sites for hydroxylation is 3. The Morgan fingerprint density at radius 3 is 2.82 bits per heavy atom. The Kier molecular flexibility index (Phi) is 3.79. The molecule has 2 N–H and O–H groups in total. The summed E-state index contributed by atoms with van der Waals surface area (Å²) in [5, 5.41) is 6.15. The fraction of sp³-hybridized carbons (Fsp3) is 0.500. The Morgan fingerprint density at radius 2 is 2.18 bits per heavy atom. The molecule has 0 radical (unpaired) electrons. The number of nitrogens with one attached hydrogen (secondary N) is 2. The summed E-state index contributed by atoms with van der Waals surface area (Å²) in [5.41, 5.74) is 4.09. The van der Waals surface area contributed by atoms with Crippen molar-refractivity contribution >= 4 is 5.91 Å². The molecule has 92 valence electrons. The van der Waals surface area contributed by atoms with Crippen molar-refractivity contribution in [3.05, 3.63) is 34.9 Å². The van der Waals surface area contributed by atoms with Crippen molar-refractivity contribution in [2.24, 2.45) is 0 Å². The zero-order valence-electron chi connectivity index (χ0n) is 10.5. The van der Waals surface area contributed by atoms with Gasteiger partial charge in [-0.1, -0.05) is 23.8 Å². The summed E-state index contributed by atoms with van der Waals surface area (Å²) in [6, 6.07) is 7.02.